The molecule has 0 radical (unpaired) electrons. The lowest BCUT2D eigenvalue weighted by Crippen LogP contribution is -2.11. The van der Waals surface area contributed by atoms with Crippen molar-refractivity contribution in [2.24, 2.45) is 0 Å². The van der Waals surface area contributed by atoms with Crippen molar-refractivity contribution in [1.29, 1.82) is 0 Å². The molecule has 0 atom stereocenters. The van der Waals surface area contributed by atoms with E-state index in [1.54, 1.807) is 0 Å². The van der Waals surface area contributed by atoms with Gasteiger partial charge in [-0.2, -0.15) is 0 Å². The van der Waals surface area contributed by atoms with Crippen LogP contribution in [0.15, 0.2) is 209 Å². The third-order valence-electron chi connectivity index (χ3n) is 12.3. The summed E-state index contributed by atoms with van der Waals surface area (Å²) >= 11 is 1.85. The number of hydrogen-bond acceptors (Lipinski definition) is 4. The molecule has 280 valence electrons. The van der Waals surface area contributed by atoms with Crippen molar-refractivity contribution in [3.8, 4) is 22.3 Å². The maximum absolute atomic E-state index is 6.59. The number of thiophene rings is 1. The molecular formula is C56H33NO2S. The van der Waals surface area contributed by atoms with Crippen LogP contribution in [-0.2, 0) is 0 Å². The van der Waals surface area contributed by atoms with E-state index >= 15 is 0 Å². The first-order chi connectivity index (χ1) is 29.7. The Hall–Kier alpha value is -7.66. The lowest BCUT2D eigenvalue weighted by molar-refractivity contribution is 0.669. The molecule has 0 saturated carbocycles. The topological polar surface area (TPSA) is 29.5 Å². The Morgan fingerprint density at radius 1 is 0.350 bits per heavy atom. The predicted molar refractivity (Wildman–Crippen MR) is 254 cm³/mol. The number of fused-ring (bicyclic) bond motifs is 11. The van der Waals surface area contributed by atoms with Crippen LogP contribution < -0.4 is 4.90 Å². The quantitative estimate of drug-likeness (QED) is 0.174. The van der Waals surface area contributed by atoms with Crippen LogP contribution in [0.1, 0.15) is 0 Å². The minimum atomic E-state index is 0.900. The van der Waals surface area contributed by atoms with Crippen LogP contribution >= 0.6 is 11.3 Å². The van der Waals surface area contributed by atoms with Gasteiger partial charge in [-0.1, -0.05) is 146 Å². The number of para-hydroxylation sites is 4. The molecule has 60 heavy (non-hydrogen) atoms. The summed E-state index contributed by atoms with van der Waals surface area (Å²) in [6.45, 7) is 0. The molecule has 0 saturated heterocycles. The molecule has 0 aliphatic heterocycles. The van der Waals surface area contributed by atoms with Crippen molar-refractivity contribution in [2.75, 3.05) is 4.90 Å². The Balaban J connectivity index is 1.05. The largest absolute Gasteiger partial charge is 0.455 e. The van der Waals surface area contributed by atoms with Crippen LogP contribution in [0.5, 0.6) is 0 Å². The predicted octanol–water partition coefficient (Wildman–Crippen LogP) is 17.0. The molecule has 0 aliphatic rings. The second-order valence-corrected chi connectivity index (χ2v) is 16.7. The molecule has 10 aromatic carbocycles. The van der Waals surface area contributed by atoms with Crippen molar-refractivity contribution >= 4 is 114 Å². The third kappa shape index (κ3) is 4.95. The minimum absolute atomic E-state index is 0.900. The van der Waals surface area contributed by atoms with Crippen molar-refractivity contribution in [3.05, 3.63) is 200 Å². The van der Waals surface area contributed by atoms with E-state index in [0.717, 1.165) is 99.4 Å². The van der Waals surface area contributed by atoms with E-state index in [1.165, 1.54) is 25.6 Å². The molecule has 3 heterocycles. The lowest BCUT2D eigenvalue weighted by Gasteiger charge is -2.28. The van der Waals surface area contributed by atoms with Gasteiger partial charge in [-0.25, -0.2) is 0 Å². The molecule has 13 rings (SSSR count). The van der Waals surface area contributed by atoms with Gasteiger partial charge in [0.15, 0.2) is 0 Å². The van der Waals surface area contributed by atoms with E-state index in [-0.39, 0.29) is 0 Å². The molecule has 0 aliphatic carbocycles. The maximum Gasteiger partial charge on any atom is 0.143 e. The number of benzene rings is 10. The van der Waals surface area contributed by atoms with Crippen LogP contribution in [0.2, 0.25) is 0 Å². The first-order valence-electron chi connectivity index (χ1n) is 20.3. The monoisotopic (exact) mass is 783 g/mol. The van der Waals surface area contributed by atoms with Crippen LogP contribution in [-0.4, -0.2) is 0 Å². The van der Waals surface area contributed by atoms with Gasteiger partial charge >= 0.3 is 0 Å². The highest BCUT2D eigenvalue weighted by atomic mass is 32.1. The fourth-order valence-corrected chi connectivity index (χ4v) is 10.7. The lowest BCUT2D eigenvalue weighted by atomic mass is 9.95. The zero-order valence-corrected chi connectivity index (χ0v) is 33.0. The molecule has 0 spiro atoms. The Morgan fingerprint density at radius 3 is 1.72 bits per heavy atom. The number of rotatable bonds is 5. The van der Waals surface area contributed by atoms with E-state index in [9.17, 15) is 0 Å². The first kappa shape index (κ1) is 33.3. The molecule has 0 unspecified atom stereocenters. The molecule has 0 N–H and O–H groups in total. The highest BCUT2D eigenvalue weighted by Gasteiger charge is 2.22. The second-order valence-electron chi connectivity index (χ2n) is 15.6. The van der Waals surface area contributed by atoms with Gasteiger partial charge < -0.3 is 13.7 Å². The van der Waals surface area contributed by atoms with Gasteiger partial charge in [0.05, 0.1) is 11.4 Å². The fourth-order valence-electron chi connectivity index (χ4n) is 9.55. The highest BCUT2D eigenvalue weighted by Crippen LogP contribution is 2.48. The van der Waals surface area contributed by atoms with Gasteiger partial charge in [0, 0.05) is 63.9 Å². The van der Waals surface area contributed by atoms with Gasteiger partial charge in [-0.3, -0.25) is 0 Å². The first-order valence-corrected chi connectivity index (χ1v) is 21.1. The summed E-state index contributed by atoms with van der Waals surface area (Å²) in [5, 5.41) is 11.7. The third-order valence-corrected chi connectivity index (χ3v) is 13.4. The molecule has 0 fully saturated rings. The standard InChI is InChI=1S/C56H33NO2S/c1-4-24-50-42(12-1)45-20-7-15-38(55(45)58-50)35-29-28-34-30-31-37(33-36(34)32-35)57(49-23-11-27-53-54(49)47-14-3-6-26-52(47)60-53)48-22-10-17-39-40(16-8-18-41(39)48)44-19-9-21-46-43-13-2-5-25-51(43)59-56(44)46/h1-33H. The van der Waals surface area contributed by atoms with Crippen molar-refractivity contribution in [3.63, 3.8) is 0 Å². The number of nitrogens with zero attached hydrogens (tertiary/aromatic N) is 1. The van der Waals surface area contributed by atoms with Gasteiger partial charge in [0.1, 0.15) is 22.3 Å². The molecular weight excluding hydrogens is 751 g/mol. The van der Waals surface area contributed by atoms with E-state index in [4.69, 9.17) is 8.83 Å². The van der Waals surface area contributed by atoms with E-state index in [2.05, 4.69) is 187 Å². The van der Waals surface area contributed by atoms with Gasteiger partial charge in [0.25, 0.3) is 0 Å². The normalized spacial score (nSPS) is 12.0. The molecule has 0 amide bonds. The summed E-state index contributed by atoms with van der Waals surface area (Å²) in [5.74, 6) is 0. The van der Waals surface area contributed by atoms with Crippen LogP contribution in [0, 0.1) is 0 Å². The van der Waals surface area contributed by atoms with Crippen molar-refractivity contribution in [1.82, 2.24) is 0 Å². The van der Waals surface area contributed by atoms with Crippen LogP contribution in [0.25, 0.3) is 108 Å². The molecule has 3 aromatic heterocycles. The van der Waals surface area contributed by atoms with Crippen molar-refractivity contribution < 1.29 is 8.83 Å². The summed E-state index contributed by atoms with van der Waals surface area (Å²) in [4.78, 5) is 2.47. The molecule has 3 nitrogen and oxygen atoms in total. The Bertz CT molecular complexity index is 3870. The van der Waals surface area contributed by atoms with E-state index in [0.29, 0.717) is 0 Å². The van der Waals surface area contributed by atoms with Crippen LogP contribution in [0.4, 0.5) is 17.1 Å². The SMILES string of the molecule is c1ccc2c(c1)oc1c(-c3ccc4ccc(N(c5cccc6c(-c7cccc8c7oc7ccccc78)cccc56)c5cccc6sc7ccccc7c56)cc4c3)cccc12. The summed E-state index contributed by atoms with van der Waals surface area (Å²) in [5.41, 5.74) is 11.4. The highest BCUT2D eigenvalue weighted by molar-refractivity contribution is 7.26. The summed E-state index contributed by atoms with van der Waals surface area (Å²) in [7, 11) is 0. The Labute approximate surface area is 348 Å². The van der Waals surface area contributed by atoms with Gasteiger partial charge in [-0.05, 0) is 81.9 Å². The van der Waals surface area contributed by atoms with Gasteiger partial charge in [0.2, 0.25) is 0 Å². The maximum atomic E-state index is 6.59. The summed E-state index contributed by atoms with van der Waals surface area (Å²) < 4.78 is 15.6. The summed E-state index contributed by atoms with van der Waals surface area (Å²) in [6, 6.07) is 72.1. The number of furan rings is 2. The smallest absolute Gasteiger partial charge is 0.143 e. The molecule has 4 heteroatoms. The number of anilines is 3. The Morgan fingerprint density at radius 2 is 0.917 bits per heavy atom. The molecule has 0 bridgehead atoms. The van der Waals surface area contributed by atoms with Crippen molar-refractivity contribution in [2.45, 2.75) is 0 Å². The zero-order chi connectivity index (χ0) is 39.3. The number of hydrogen-bond donors (Lipinski definition) is 0. The fraction of sp³-hybridized carbons (Fsp3) is 0. The van der Waals surface area contributed by atoms with E-state index in [1.807, 2.05) is 29.5 Å². The van der Waals surface area contributed by atoms with E-state index < -0.39 is 0 Å². The van der Waals surface area contributed by atoms with Gasteiger partial charge in [-0.15, -0.1) is 11.3 Å². The van der Waals surface area contributed by atoms with Crippen LogP contribution in [0.3, 0.4) is 0 Å². The Kier molecular flexibility index (Phi) is 7.18. The second kappa shape index (κ2) is 12.9. The zero-order valence-electron chi connectivity index (χ0n) is 32.2. The summed E-state index contributed by atoms with van der Waals surface area (Å²) in [6.07, 6.45) is 0. The average Bonchev–Trinajstić information content (AvgIpc) is 4.01. The molecule has 13 aromatic rings. The average molecular weight is 784 g/mol. The minimum Gasteiger partial charge on any atom is -0.455 e.